The monoisotopic (exact) mass is 336 g/mol. The van der Waals surface area contributed by atoms with Crippen molar-refractivity contribution in [2.45, 2.75) is 40.7 Å². The number of benzene rings is 1. The van der Waals surface area contributed by atoms with E-state index in [4.69, 9.17) is 9.47 Å². The number of hydrogen-bond donors (Lipinski definition) is 0. The molecule has 0 spiro atoms. The molecule has 1 aromatic heterocycles. The average molecular weight is 336 g/mol. The molecule has 0 N–H and O–H groups in total. The number of rotatable bonds is 4. The normalized spacial score (nSPS) is 12.7. The van der Waals surface area contributed by atoms with E-state index in [-0.39, 0.29) is 5.91 Å². The zero-order chi connectivity index (χ0) is 17.2. The summed E-state index contributed by atoms with van der Waals surface area (Å²) in [5.41, 5.74) is 0.519. The van der Waals surface area contributed by atoms with Crippen LogP contribution in [0.1, 0.15) is 34.1 Å². The molecule has 2 aromatic rings. The van der Waals surface area contributed by atoms with Gasteiger partial charge in [-0.2, -0.15) is 4.99 Å². The third-order valence-electron chi connectivity index (χ3n) is 3.47. The summed E-state index contributed by atoms with van der Waals surface area (Å²) in [5.74, 6) is 1.24. The number of amides is 1. The van der Waals surface area contributed by atoms with Gasteiger partial charge < -0.3 is 14.0 Å². The minimum absolute atomic E-state index is 0.118. The van der Waals surface area contributed by atoms with E-state index in [2.05, 4.69) is 16.5 Å². The zero-order valence-corrected chi connectivity index (χ0v) is 15.4. The lowest BCUT2D eigenvalue weighted by Gasteiger charge is -2.12. The molecule has 0 radical (unpaired) electrons. The van der Waals surface area contributed by atoms with Gasteiger partial charge in [0.15, 0.2) is 16.3 Å². The highest BCUT2D eigenvalue weighted by atomic mass is 32.1. The summed E-state index contributed by atoms with van der Waals surface area (Å²) in [4.78, 5) is 17.4. The van der Waals surface area contributed by atoms with E-state index >= 15 is 0 Å². The Balaban J connectivity index is 2.72. The molecule has 6 heteroatoms. The Bertz CT molecular complexity index is 781. The van der Waals surface area contributed by atoms with Crippen molar-refractivity contribution in [2.24, 2.45) is 10.4 Å². The number of fused-ring (bicyclic) bond motifs is 1. The molecule has 0 atom stereocenters. The lowest BCUT2D eigenvalue weighted by molar-refractivity contribution is -0.125. The van der Waals surface area contributed by atoms with Crippen LogP contribution in [0.2, 0.25) is 0 Å². The molecule has 0 aliphatic carbocycles. The highest BCUT2D eigenvalue weighted by Gasteiger charge is 2.21. The Morgan fingerprint density at radius 3 is 2.35 bits per heavy atom. The molecule has 0 aliphatic heterocycles. The van der Waals surface area contributed by atoms with E-state index in [0.717, 1.165) is 28.0 Å². The molecule has 0 fully saturated rings. The summed E-state index contributed by atoms with van der Waals surface area (Å²) < 4.78 is 13.9. The molecule has 1 aromatic carbocycles. The van der Waals surface area contributed by atoms with Crippen LogP contribution in [0.25, 0.3) is 10.2 Å². The summed E-state index contributed by atoms with van der Waals surface area (Å²) in [6.07, 6.45) is 0.955. The van der Waals surface area contributed by atoms with Crippen LogP contribution in [0.4, 0.5) is 0 Å². The molecule has 0 saturated heterocycles. The molecule has 2 rings (SSSR count). The number of methoxy groups -OCH3 is 2. The summed E-state index contributed by atoms with van der Waals surface area (Å²) in [6, 6.07) is 3.88. The van der Waals surface area contributed by atoms with Crippen molar-refractivity contribution < 1.29 is 14.3 Å². The van der Waals surface area contributed by atoms with Crippen LogP contribution in [0.3, 0.4) is 0 Å². The van der Waals surface area contributed by atoms with E-state index in [1.54, 1.807) is 14.2 Å². The smallest absolute Gasteiger partial charge is 0.253 e. The SMILES string of the molecule is CCCn1c(=NC(=O)C(C)(C)C)sc2cc(OC)c(OC)cc21. The molecular weight excluding hydrogens is 312 g/mol. The predicted octanol–water partition coefficient (Wildman–Crippen LogP) is 3.60. The van der Waals surface area contributed by atoms with Crippen molar-refractivity contribution in [3.05, 3.63) is 16.9 Å². The zero-order valence-electron chi connectivity index (χ0n) is 14.6. The fourth-order valence-corrected chi connectivity index (χ4v) is 3.24. The largest absolute Gasteiger partial charge is 0.493 e. The first-order valence-corrected chi connectivity index (χ1v) is 8.48. The van der Waals surface area contributed by atoms with Gasteiger partial charge in [-0.3, -0.25) is 4.79 Å². The molecule has 23 heavy (non-hydrogen) atoms. The van der Waals surface area contributed by atoms with Gasteiger partial charge in [0, 0.05) is 24.1 Å². The minimum atomic E-state index is -0.490. The first-order valence-electron chi connectivity index (χ1n) is 7.66. The minimum Gasteiger partial charge on any atom is -0.493 e. The highest BCUT2D eigenvalue weighted by molar-refractivity contribution is 7.16. The Kier molecular flexibility index (Phi) is 5.14. The standard InChI is InChI=1S/C17H24N2O3S/c1-7-8-19-11-9-12(21-5)13(22-6)10-14(11)23-16(19)18-15(20)17(2,3)4/h9-10H,7-8H2,1-6H3. The van der Waals surface area contributed by atoms with Crippen molar-refractivity contribution >= 4 is 27.5 Å². The number of aryl methyl sites for hydroxylation is 1. The molecule has 1 amide bonds. The Hall–Kier alpha value is -1.82. The van der Waals surface area contributed by atoms with Gasteiger partial charge in [-0.15, -0.1) is 0 Å². The van der Waals surface area contributed by atoms with Gasteiger partial charge >= 0.3 is 0 Å². The van der Waals surface area contributed by atoms with Crippen molar-refractivity contribution in [3.63, 3.8) is 0 Å². The maximum absolute atomic E-state index is 12.3. The summed E-state index contributed by atoms with van der Waals surface area (Å²) in [6.45, 7) is 8.53. The summed E-state index contributed by atoms with van der Waals surface area (Å²) in [7, 11) is 3.24. The van der Waals surface area contributed by atoms with Crippen molar-refractivity contribution in [1.29, 1.82) is 0 Å². The van der Waals surface area contributed by atoms with E-state index in [0.29, 0.717) is 11.5 Å². The number of carbonyl (C=O) groups excluding carboxylic acids is 1. The maximum Gasteiger partial charge on any atom is 0.253 e. The second-order valence-corrected chi connectivity index (χ2v) is 7.39. The molecule has 1 heterocycles. The van der Waals surface area contributed by atoms with E-state index in [1.807, 2.05) is 32.9 Å². The fraction of sp³-hybridized carbons (Fsp3) is 0.529. The van der Waals surface area contributed by atoms with Gasteiger partial charge in [-0.25, -0.2) is 0 Å². The number of ether oxygens (including phenoxy) is 2. The van der Waals surface area contributed by atoms with Crippen LogP contribution >= 0.6 is 11.3 Å². The van der Waals surface area contributed by atoms with Crippen molar-refractivity contribution in [2.75, 3.05) is 14.2 Å². The van der Waals surface area contributed by atoms with Gasteiger partial charge in [0.25, 0.3) is 5.91 Å². The van der Waals surface area contributed by atoms with Gasteiger partial charge in [0.1, 0.15) is 0 Å². The Labute approximate surface area is 140 Å². The summed E-state index contributed by atoms with van der Waals surface area (Å²) >= 11 is 1.50. The molecular formula is C17H24N2O3S. The maximum atomic E-state index is 12.3. The van der Waals surface area contributed by atoms with Gasteiger partial charge in [0.2, 0.25) is 0 Å². The third kappa shape index (κ3) is 3.58. The second kappa shape index (κ2) is 6.74. The molecule has 0 saturated carbocycles. The predicted molar refractivity (Wildman–Crippen MR) is 93.2 cm³/mol. The van der Waals surface area contributed by atoms with Gasteiger partial charge in [-0.05, 0) is 6.42 Å². The lowest BCUT2D eigenvalue weighted by atomic mass is 9.96. The number of aromatic nitrogens is 1. The molecule has 5 nitrogen and oxygen atoms in total. The fourth-order valence-electron chi connectivity index (χ4n) is 2.18. The van der Waals surface area contributed by atoms with E-state index in [9.17, 15) is 4.79 Å². The number of hydrogen-bond acceptors (Lipinski definition) is 4. The number of nitrogens with zero attached hydrogens (tertiary/aromatic N) is 2. The Morgan fingerprint density at radius 1 is 1.22 bits per heavy atom. The second-order valence-electron chi connectivity index (χ2n) is 6.38. The van der Waals surface area contributed by atoms with Crippen LogP contribution in [0, 0.1) is 5.41 Å². The van der Waals surface area contributed by atoms with Gasteiger partial charge in [0.05, 0.1) is 24.4 Å². The van der Waals surface area contributed by atoms with Crippen molar-refractivity contribution in [1.82, 2.24) is 4.57 Å². The molecule has 126 valence electrons. The molecule has 0 aliphatic rings. The van der Waals surface area contributed by atoms with E-state index in [1.165, 1.54) is 11.3 Å². The molecule has 0 unspecified atom stereocenters. The quantitative estimate of drug-likeness (QED) is 0.857. The van der Waals surface area contributed by atoms with Crippen LogP contribution < -0.4 is 14.3 Å². The lowest BCUT2D eigenvalue weighted by Crippen LogP contribution is -2.23. The van der Waals surface area contributed by atoms with Crippen molar-refractivity contribution in [3.8, 4) is 11.5 Å². The first kappa shape index (κ1) is 17.5. The van der Waals surface area contributed by atoms with Crippen LogP contribution in [-0.2, 0) is 11.3 Å². The van der Waals surface area contributed by atoms with E-state index < -0.39 is 5.41 Å². The van der Waals surface area contributed by atoms with Crippen LogP contribution in [-0.4, -0.2) is 24.7 Å². The Morgan fingerprint density at radius 2 is 1.83 bits per heavy atom. The average Bonchev–Trinajstić information content (AvgIpc) is 2.82. The number of thiazole rings is 1. The number of carbonyl (C=O) groups is 1. The first-order chi connectivity index (χ1) is 10.8. The molecule has 0 bridgehead atoms. The van der Waals surface area contributed by atoms with Crippen LogP contribution in [0.5, 0.6) is 11.5 Å². The van der Waals surface area contributed by atoms with Crippen LogP contribution in [0.15, 0.2) is 17.1 Å². The topological polar surface area (TPSA) is 52.8 Å². The third-order valence-corrected chi connectivity index (χ3v) is 4.52. The highest BCUT2D eigenvalue weighted by Crippen LogP contribution is 2.33. The van der Waals surface area contributed by atoms with Gasteiger partial charge in [-0.1, -0.05) is 39.0 Å². The summed E-state index contributed by atoms with van der Waals surface area (Å²) in [5, 5.41) is 0.